The topological polar surface area (TPSA) is 38.9 Å². The highest BCUT2D eigenvalue weighted by atomic mass is 127. The van der Waals surface area contributed by atoms with Crippen LogP contribution in [0.5, 0.6) is 0 Å². The Morgan fingerprint density at radius 3 is 2.82 bits per heavy atom. The average molecular weight is 359 g/mol. The van der Waals surface area contributed by atoms with Crippen LogP contribution in [0.25, 0.3) is 10.9 Å². The van der Waals surface area contributed by atoms with Crippen molar-refractivity contribution < 1.29 is 0 Å². The lowest BCUT2D eigenvalue weighted by Crippen LogP contribution is -2.10. The molecule has 2 nitrogen and oxygen atoms in total. The molecule has 0 saturated heterocycles. The number of nitrogens with zero attached hydrogens (tertiary/aromatic N) is 1. The van der Waals surface area contributed by atoms with Gasteiger partial charge in [0.1, 0.15) is 0 Å². The molecule has 0 atom stereocenters. The third-order valence-electron chi connectivity index (χ3n) is 3.36. The Morgan fingerprint density at radius 2 is 2.00 bits per heavy atom. The molecule has 0 bridgehead atoms. The molecule has 1 aliphatic rings. The van der Waals surface area contributed by atoms with Crippen LogP contribution in [0.4, 0.5) is 5.69 Å². The van der Waals surface area contributed by atoms with Gasteiger partial charge in [-0.05, 0) is 66.0 Å². The van der Waals surface area contributed by atoms with Crippen LogP contribution < -0.4 is 5.73 Å². The van der Waals surface area contributed by atoms with Crippen molar-refractivity contribution >= 4 is 50.8 Å². The van der Waals surface area contributed by atoms with Gasteiger partial charge in [-0.25, -0.2) is 0 Å². The molecule has 1 aromatic carbocycles. The molecule has 4 heteroatoms. The number of fused-ring (bicyclic) bond motifs is 2. The van der Waals surface area contributed by atoms with Gasteiger partial charge in [0, 0.05) is 20.3 Å². The molecule has 17 heavy (non-hydrogen) atoms. The summed E-state index contributed by atoms with van der Waals surface area (Å²) in [6, 6.07) is 3.89. The molecule has 0 saturated carbocycles. The molecular weight excluding hydrogens is 347 g/mol. The first-order valence-electron chi connectivity index (χ1n) is 5.73. The first kappa shape index (κ1) is 11.5. The fourth-order valence-corrected chi connectivity index (χ4v) is 3.42. The van der Waals surface area contributed by atoms with E-state index in [0.29, 0.717) is 5.02 Å². The molecule has 0 fully saturated rings. The van der Waals surface area contributed by atoms with Crippen LogP contribution in [0.3, 0.4) is 0 Å². The number of rotatable bonds is 0. The molecule has 1 heterocycles. The van der Waals surface area contributed by atoms with Crippen molar-refractivity contribution in [1.29, 1.82) is 0 Å². The van der Waals surface area contributed by atoms with E-state index >= 15 is 0 Å². The van der Waals surface area contributed by atoms with E-state index < -0.39 is 0 Å². The minimum Gasteiger partial charge on any atom is -0.398 e. The zero-order valence-corrected chi connectivity index (χ0v) is 12.2. The summed E-state index contributed by atoms with van der Waals surface area (Å²) in [4.78, 5) is 4.72. The second-order valence-electron chi connectivity index (χ2n) is 4.41. The van der Waals surface area contributed by atoms with Gasteiger partial charge in [0.05, 0.1) is 10.5 Å². The van der Waals surface area contributed by atoms with Gasteiger partial charge in [-0.2, -0.15) is 0 Å². The lowest BCUT2D eigenvalue weighted by Gasteiger charge is -2.19. The highest BCUT2D eigenvalue weighted by Crippen LogP contribution is 2.36. The van der Waals surface area contributed by atoms with Gasteiger partial charge in [-0.3, -0.25) is 4.98 Å². The molecule has 0 amide bonds. The van der Waals surface area contributed by atoms with E-state index in [1.54, 1.807) is 0 Å². The van der Waals surface area contributed by atoms with Crippen molar-refractivity contribution in [3.05, 3.63) is 32.0 Å². The number of nitrogens with two attached hydrogens (primary N) is 1. The third-order valence-corrected chi connectivity index (χ3v) is 4.56. The Bertz CT molecular complexity index is 610. The third kappa shape index (κ3) is 1.80. The van der Waals surface area contributed by atoms with E-state index in [1.165, 1.54) is 18.4 Å². The zero-order valence-electron chi connectivity index (χ0n) is 9.26. The summed E-state index contributed by atoms with van der Waals surface area (Å²) in [6.07, 6.45) is 4.48. The summed E-state index contributed by atoms with van der Waals surface area (Å²) >= 11 is 8.52. The number of halogens is 2. The molecule has 0 unspecified atom stereocenters. The Kier molecular flexibility index (Phi) is 2.91. The molecule has 1 aromatic heterocycles. The maximum Gasteiger partial charge on any atom is 0.0923 e. The van der Waals surface area contributed by atoms with E-state index in [2.05, 4.69) is 22.6 Å². The predicted molar refractivity (Wildman–Crippen MR) is 80.5 cm³/mol. The van der Waals surface area contributed by atoms with Crippen LogP contribution in [0.1, 0.15) is 24.1 Å². The lowest BCUT2D eigenvalue weighted by molar-refractivity contribution is 0.673. The number of aromatic nitrogens is 1. The van der Waals surface area contributed by atoms with E-state index in [1.807, 2.05) is 12.1 Å². The van der Waals surface area contributed by atoms with Crippen molar-refractivity contribution in [3.8, 4) is 0 Å². The molecule has 0 aliphatic heterocycles. The van der Waals surface area contributed by atoms with Gasteiger partial charge in [0.15, 0.2) is 0 Å². The Labute approximate surface area is 119 Å². The number of nitrogen functional groups attached to an aromatic ring is 1. The van der Waals surface area contributed by atoms with Crippen LogP contribution in [0.15, 0.2) is 12.1 Å². The predicted octanol–water partition coefficient (Wildman–Crippen LogP) is 3.95. The minimum absolute atomic E-state index is 0.695. The number of aryl methyl sites for hydroxylation is 1. The summed E-state index contributed by atoms with van der Waals surface area (Å²) < 4.78 is 1.13. The van der Waals surface area contributed by atoms with Gasteiger partial charge in [0.2, 0.25) is 0 Å². The fourth-order valence-electron chi connectivity index (χ4n) is 2.50. The van der Waals surface area contributed by atoms with Crippen molar-refractivity contribution in [2.75, 3.05) is 5.73 Å². The summed E-state index contributed by atoms with van der Waals surface area (Å²) in [5.74, 6) is 0. The monoisotopic (exact) mass is 358 g/mol. The second-order valence-corrected chi connectivity index (χ2v) is 5.98. The molecule has 3 rings (SSSR count). The smallest absolute Gasteiger partial charge is 0.0923 e. The quantitative estimate of drug-likeness (QED) is 0.724. The lowest BCUT2D eigenvalue weighted by atomic mass is 9.93. The van der Waals surface area contributed by atoms with Gasteiger partial charge in [0.25, 0.3) is 0 Å². The first-order valence-corrected chi connectivity index (χ1v) is 7.19. The van der Waals surface area contributed by atoms with E-state index in [4.69, 9.17) is 22.3 Å². The van der Waals surface area contributed by atoms with E-state index in [0.717, 1.165) is 38.7 Å². The number of benzene rings is 1. The maximum absolute atomic E-state index is 6.31. The van der Waals surface area contributed by atoms with Crippen LogP contribution in [0, 0.1) is 3.57 Å². The maximum atomic E-state index is 6.31. The van der Waals surface area contributed by atoms with Crippen molar-refractivity contribution in [2.45, 2.75) is 25.7 Å². The Morgan fingerprint density at radius 1 is 1.24 bits per heavy atom. The van der Waals surface area contributed by atoms with Gasteiger partial charge < -0.3 is 5.73 Å². The number of hydrogen-bond donors (Lipinski definition) is 1. The van der Waals surface area contributed by atoms with Crippen molar-refractivity contribution in [1.82, 2.24) is 4.98 Å². The standard InChI is InChI=1S/C13H12ClIN2/c14-8-5-6-9(15)11-12(16)7-3-1-2-4-10(7)17-13(8)11/h5-6H,1-4H2,(H2,16,17). The van der Waals surface area contributed by atoms with E-state index in [-0.39, 0.29) is 0 Å². The fraction of sp³-hybridized carbons (Fsp3) is 0.308. The van der Waals surface area contributed by atoms with E-state index in [9.17, 15) is 0 Å². The van der Waals surface area contributed by atoms with Crippen LogP contribution in [-0.4, -0.2) is 4.98 Å². The van der Waals surface area contributed by atoms with Gasteiger partial charge in [-0.1, -0.05) is 11.6 Å². The van der Waals surface area contributed by atoms with Crippen LogP contribution >= 0.6 is 34.2 Å². The second kappa shape index (κ2) is 4.28. The normalized spacial score (nSPS) is 14.9. The molecule has 2 aromatic rings. The molecule has 2 N–H and O–H groups in total. The molecule has 0 radical (unpaired) electrons. The summed E-state index contributed by atoms with van der Waals surface area (Å²) in [5, 5.41) is 1.72. The highest BCUT2D eigenvalue weighted by Gasteiger charge is 2.18. The van der Waals surface area contributed by atoms with Crippen molar-refractivity contribution in [2.24, 2.45) is 0 Å². The minimum atomic E-state index is 0.695. The number of anilines is 1. The molecule has 0 spiro atoms. The molecule has 88 valence electrons. The zero-order chi connectivity index (χ0) is 12.0. The van der Waals surface area contributed by atoms with Crippen LogP contribution in [0.2, 0.25) is 5.02 Å². The largest absolute Gasteiger partial charge is 0.398 e. The highest BCUT2D eigenvalue weighted by molar-refractivity contribution is 14.1. The molecular formula is C13H12ClIN2. The summed E-state index contributed by atoms with van der Waals surface area (Å²) in [7, 11) is 0. The van der Waals surface area contributed by atoms with Gasteiger partial charge >= 0.3 is 0 Å². The summed E-state index contributed by atoms with van der Waals surface area (Å²) in [6.45, 7) is 0. The molecule has 1 aliphatic carbocycles. The first-order chi connectivity index (χ1) is 8.18. The SMILES string of the molecule is Nc1c2c(nc3c(Cl)ccc(I)c13)CCCC2. The van der Waals surface area contributed by atoms with Crippen LogP contribution in [-0.2, 0) is 12.8 Å². The van der Waals surface area contributed by atoms with Crippen molar-refractivity contribution in [3.63, 3.8) is 0 Å². The number of hydrogen-bond acceptors (Lipinski definition) is 2. The Hall–Kier alpha value is -0.550. The number of pyridine rings is 1. The Balaban J connectivity index is 2.44. The summed E-state index contributed by atoms with van der Waals surface area (Å²) in [5.41, 5.74) is 10.4. The average Bonchev–Trinajstić information content (AvgIpc) is 2.34. The van der Waals surface area contributed by atoms with Gasteiger partial charge in [-0.15, -0.1) is 0 Å².